The van der Waals surface area contributed by atoms with Crippen molar-refractivity contribution in [2.45, 2.75) is 33.0 Å². The van der Waals surface area contributed by atoms with Gasteiger partial charge < -0.3 is 4.57 Å². The molecule has 5 aromatic rings. The molecule has 3 heterocycles. The average molecular weight is 487 g/mol. The second kappa shape index (κ2) is 9.26. The molecule has 1 N–H and O–H groups in total. The first-order valence-electron chi connectivity index (χ1n) is 11.1. The Morgan fingerprint density at radius 3 is 2.42 bits per heavy atom. The Morgan fingerprint density at radius 1 is 0.972 bits per heavy atom. The number of imidazole rings is 1. The molecule has 10 heteroatoms. The summed E-state index contributed by atoms with van der Waals surface area (Å²) in [5.41, 5.74) is 6.72. The number of aromatic amines is 1. The molecule has 180 valence electrons. The number of hydrogen-bond donors (Lipinski definition) is 1. The zero-order valence-electron chi connectivity index (χ0n) is 19.4. The molecule has 0 aliphatic rings. The van der Waals surface area contributed by atoms with Crippen molar-refractivity contribution in [1.82, 2.24) is 35.2 Å². The Kier molecular flexibility index (Phi) is 5.98. The lowest BCUT2D eigenvalue weighted by Gasteiger charge is -2.11. The van der Waals surface area contributed by atoms with Crippen molar-refractivity contribution in [3.8, 4) is 34.4 Å². The van der Waals surface area contributed by atoms with Gasteiger partial charge in [-0.15, -0.1) is 10.2 Å². The van der Waals surface area contributed by atoms with Crippen LogP contribution in [0, 0.1) is 25.7 Å². The number of nitrogens with zero attached hydrogens (tertiary/aromatic N) is 6. The summed E-state index contributed by atoms with van der Waals surface area (Å²) in [4.78, 5) is 9.20. The van der Waals surface area contributed by atoms with Crippen LogP contribution in [0.25, 0.3) is 33.7 Å². The minimum Gasteiger partial charge on any atom is -0.307 e. The van der Waals surface area contributed by atoms with E-state index in [2.05, 4.69) is 36.5 Å². The predicted octanol–water partition coefficient (Wildman–Crippen LogP) is 5.05. The van der Waals surface area contributed by atoms with Gasteiger partial charge in [0.15, 0.2) is 5.65 Å². The number of benzene rings is 2. The van der Waals surface area contributed by atoms with Gasteiger partial charge >= 0.3 is 6.18 Å². The minimum atomic E-state index is -4.55. The number of H-pyrrole nitrogens is 1. The van der Waals surface area contributed by atoms with Gasteiger partial charge in [-0.25, -0.2) is 9.97 Å². The summed E-state index contributed by atoms with van der Waals surface area (Å²) in [5, 5.41) is 14.3. The number of rotatable bonds is 5. The molecule has 2 aromatic carbocycles. The summed E-state index contributed by atoms with van der Waals surface area (Å²) in [5.74, 6) is 4.48. The SMILES string of the molecule is Cc1cc(C)c2nc(CC#CC(F)(F)F)n(Cc3ccc(-c4ccccc4-c4nn[nH]n4)cc3)c2n1. The minimum absolute atomic E-state index is 0.134. The van der Waals surface area contributed by atoms with Gasteiger partial charge in [-0.05, 0) is 47.4 Å². The Balaban J connectivity index is 1.50. The Morgan fingerprint density at radius 2 is 1.72 bits per heavy atom. The molecule has 7 nitrogen and oxygen atoms in total. The molecule has 36 heavy (non-hydrogen) atoms. The van der Waals surface area contributed by atoms with Gasteiger partial charge in [0.25, 0.3) is 0 Å². The smallest absolute Gasteiger partial charge is 0.307 e. The van der Waals surface area contributed by atoms with Crippen molar-refractivity contribution in [1.29, 1.82) is 0 Å². The Hall–Kier alpha value is -4.52. The summed E-state index contributed by atoms with van der Waals surface area (Å²) >= 11 is 0. The molecular weight excluding hydrogens is 467 g/mol. The van der Waals surface area contributed by atoms with Crippen LogP contribution >= 0.6 is 0 Å². The van der Waals surface area contributed by atoms with E-state index in [4.69, 9.17) is 0 Å². The average Bonchev–Trinajstić information content (AvgIpc) is 3.48. The summed E-state index contributed by atoms with van der Waals surface area (Å²) < 4.78 is 39.6. The van der Waals surface area contributed by atoms with Crippen LogP contribution in [0.5, 0.6) is 0 Å². The van der Waals surface area contributed by atoms with E-state index < -0.39 is 6.18 Å². The van der Waals surface area contributed by atoms with Crippen LogP contribution < -0.4 is 0 Å². The number of halogens is 3. The second-order valence-electron chi connectivity index (χ2n) is 8.32. The first kappa shape index (κ1) is 23.2. The number of pyridine rings is 1. The Bertz CT molecular complexity index is 1590. The van der Waals surface area contributed by atoms with Gasteiger partial charge in [0.05, 0.1) is 13.0 Å². The quantitative estimate of drug-likeness (QED) is 0.351. The van der Waals surface area contributed by atoms with Crippen molar-refractivity contribution in [2.24, 2.45) is 0 Å². The van der Waals surface area contributed by atoms with Gasteiger partial charge in [0.2, 0.25) is 5.82 Å². The van der Waals surface area contributed by atoms with Gasteiger partial charge in [0.1, 0.15) is 11.3 Å². The maximum Gasteiger partial charge on any atom is 0.457 e. The fraction of sp³-hybridized carbons (Fsp3) is 0.192. The van der Waals surface area contributed by atoms with Crippen LogP contribution in [0.4, 0.5) is 13.2 Å². The summed E-state index contributed by atoms with van der Waals surface area (Å²) in [6, 6.07) is 17.6. The van der Waals surface area contributed by atoms with E-state index >= 15 is 0 Å². The zero-order chi connectivity index (χ0) is 25.3. The van der Waals surface area contributed by atoms with Crippen molar-refractivity contribution < 1.29 is 13.2 Å². The predicted molar refractivity (Wildman–Crippen MR) is 129 cm³/mol. The van der Waals surface area contributed by atoms with Crippen LogP contribution in [-0.4, -0.2) is 41.3 Å². The van der Waals surface area contributed by atoms with Gasteiger partial charge in [-0.3, -0.25) is 0 Å². The lowest BCUT2D eigenvalue weighted by atomic mass is 9.98. The van der Waals surface area contributed by atoms with E-state index in [0.717, 1.165) is 33.5 Å². The van der Waals surface area contributed by atoms with E-state index in [1.165, 1.54) is 5.92 Å². The molecule has 0 bridgehead atoms. The van der Waals surface area contributed by atoms with Crippen molar-refractivity contribution in [2.75, 3.05) is 0 Å². The maximum absolute atomic E-state index is 12.6. The second-order valence-corrected chi connectivity index (χ2v) is 8.32. The third-order valence-electron chi connectivity index (χ3n) is 5.70. The fourth-order valence-electron chi connectivity index (χ4n) is 4.15. The van der Waals surface area contributed by atoms with Crippen LogP contribution in [-0.2, 0) is 13.0 Å². The number of nitrogens with one attached hydrogen (secondary N) is 1. The summed E-state index contributed by atoms with van der Waals surface area (Å²) in [7, 11) is 0. The van der Waals surface area contributed by atoms with Gasteiger partial charge in [-0.1, -0.05) is 54.5 Å². The number of hydrogen-bond acceptors (Lipinski definition) is 5. The molecule has 0 fully saturated rings. The van der Waals surface area contributed by atoms with Gasteiger partial charge in [0, 0.05) is 17.2 Å². The number of aromatic nitrogens is 7. The molecule has 0 unspecified atom stereocenters. The third-order valence-corrected chi connectivity index (χ3v) is 5.70. The lowest BCUT2D eigenvalue weighted by molar-refractivity contribution is -0.0697. The van der Waals surface area contributed by atoms with Crippen LogP contribution in [0.15, 0.2) is 54.6 Å². The largest absolute Gasteiger partial charge is 0.457 e. The van der Waals surface area contributed by atoms with E-state index in [1.807, 2.05) is 73.0 Å². The number of alkyl halides is 3. The third kappa shape index (κ3) is 4.81. The van der Waals surface area contributed by atoms with E-state index in [0.29, 0.717) is 29.4 Å². The van der Waals surface area contributed by atoms with E-state index in [-0.39, 0.29) is 6.42 Å². The number of fused-ring (bicyclic) bond motifs is 1. The van der Waals surface area contributed by atoms with Gasteiger partial charge in [-0.2, -0.15) is 18.4 Å². The fourth-order valence-corrected chi connectivity index (χ4v) is 4.15. The first-order valence-corrected chi connectivity index (χ1v) is 11.1. The maximum atomic E-state index is 12.6. The summed E-state index contributed by atoms with van der Waals surface area (Å²) in [6.07, 6.45) is -4.68. The monoisotopic (exact) mass is 487 g/mol. The zero-order valence-corrected chi connectivity index (χ0v) is 19.4. The molecule has 5 rings (SSSR count). The van der Waals surface area contributed by atoms with Crippen molar-refractivity contribution >= 4 is 11.2 Å². The number of aryl methyl sites for hydroxylation is 2. The Labute approximate surface area is 204 Å². The van der Waals surface area contributed by atoms with Crippen molar-refractivity contribution in [3.63, 3.8) is 0 Å². The summed E-state index contributed by atoms with van der Waals surface area (Å²) in [6.45, 7) is 4.18. The van der Waals surface area contributed by atoms with Crippen LogP contribution in [0.3, 0.4) is 0 Å². The number of tetrazole rings is 1. The molecule has 0 amide bonds. The molecular formula is C26H20F3N7. The highest BCUT2D eigenvalue weighted by Crippen LogP contribution is 2.30. The highest BCUT2D eigenvalue weighted by atomic mass is 19.4. The molecule has 3 aromatic heterocycles. The van der Waals surface area contributed by atoms with Crippen LogP contribution in [0.2, 0.25) is 0 Å². The standard InChI is InChI=1S/C26H20F3N7/c1-16-14-17(2)30-25-23(16)31-22(8-5-13-26(27,28)29)36(25)15-18-9-11-19(12-10-18)20-6-3-4-7-21(20)24-32-34-35-33-24/h3-4,6-7,9-12,14H,8,15H2,1-2H3,(H,32,33,34,35). The lowest BCUT2D eigenvalue weighted by Crippen LogP contribution is -2.07. The molecule has 0 saturated heterocycles. The normalized spacial score (nSPS) is 11.5. The van der Waals surface area contributed by atoms with Crippen molar-refractivity contribution in [3.05, 3.63) is 77.2 Å². The first-order chi connectivity index (χ1) is 17.3. The topological polar surface area (TPSA) is 85.2 Å². The van der Waals surface area contributed by atoms with E-state index in [1.54, 1.807) is 0 Å². The highest BCUT2D eigenvalue weighted by molar-refractivity contribution is 5.80. The molecule has 0 saturated carbocycles. The molecule has 0 radical (unpaired) electrons. The van der Waals surface area contributed by atoms with Crippen LogP contribution in [0.1, 0.15) is 22.6 Å². The molecule has 0 atom stereocenters. The highest BCUT2D eigenvalue weighted by Gasteiger charge is 2.23. The molecule has 0 aliphatic heterocycles. The molecule has 0 spiro atoms. The molecule has 0 aliphatic carbocycles. The van der Waals surface area contributed by atoms with E-state index in [9.17, 15) is 13.2 Å².